The molecule has 0 atom stereocenters. The summed E-state index contributed by atoms with van der Waals surface area (Å²) in [5.41, 5.74) is 1.19. The molecule has 5 heteroatoms. The molecule has 1 aromatic heterocycles. The van der Waals surface area contributed by atoms with Crippen molar-refractivity contribution in [2.24, 2.45) is 0 Å². The van der Waals surface area contributed by atoms with Gasteiger partial charge in [0.25, 0.3) is 0 Å². The van der Waals surface area contributed by atoms with Gasteiger partial charge in [-0.25, -0.2) is 9.18 Å². The molecule has 98 valence electrons. The van der Waals surface area contributed by atoms with E-state index >= 15 is 0 Å². The van der Waals surface area contributed by atoms with Gasteiger partial charge in [0.2, 0.25) is 0 Å². The van der Waals surface area contributed by atoms with Gasteiger partial charge in [-0.15, -0.1) is 0 Å². The predicted molar refractivity (Wildman–Crippen MR) is 67.1 cm³/mol. The molecular weight excluding hydrogens is 249 g/mol. The number of pyridine rings is 1. The molecule has 0 radical (unpaired) electrons. The lowest BCUT2D eigenvalue weighted by molar-refractivity contribution is 0.0693. The van der Waals surface area contributed by atoms with Gasteiger partial charge < -0.3 is 9.84 Å². The fraction of sp³-hybridized carbons (Fsp3) is 0.143. The van der Waals surface area contributed by atoms with Crippen LogP contribution in [0.5, 0.6) is 11.5 Å². The second kappa shape index (κ2) is 5.06. The van der Waals surface area contributed by atoms with Gasteiger partial charge in [0, 0.05) is 18.0 Å². The Balaban J connectivity index is 2.42. The van der Waals surface area contributed by atoms with Crippen LogP contribution in [0.3, 0.4) is 0 Å². The first-order valence-corrected chi connectivity index (χ1v) is 5.61. The van der Waals surface area contributed by atoms with Gasteiger partial charge in [-0.05, 0) is 37.6 Å². The summed E-state index contributed by atoms with van der Waals surface area (Å²) in [7, 11) is 0. The number of rotatable bonds is 3. The minimum absolute atomic E-state index is 0.0330. The van der Waals surface area contributed by atoms with E-state index in [9.17, 15) is 9.18 Å². The maximum absolute atomic E-state index is 13.0. The smallest absolute Gasteiger partial charge is 0.341 e. The van der Waals surface area contributed by atoms with E-state index < -0.39 is 5.97 Å². The molecule has 19 heavy (non-hydrogen) atoms. The summed E-state index contributed by atoms with van der Waals surface area (Å²) in [6.07, 6.45) is 1.24. The molecule has 0 spiro atoms. The minimum atomic E-state index is -1.12. The summed E-state index contributed by atoms with van der Waals surface area (Å²) < 4.78 is 18.5. The first-order chi connectivity index (χ1) is 8.97. The highest BCUT2D eigenvalue weighted by atomic mass is 19.1. The number of carboxylic acid groups (broad SMARTS) is 1. The van der Waals surface area contributed by atoms with Gasteiger partial charge in [-0.3, -0.25) is 4.98 Å². The molecule has 1 heterocycles. The number of nitrogens with zero attached hydrogens (tertiary/aromatic N) is 1. The molecule has 0 fully saturated rings. The molecule has 0 saturated heterocycles. The lowest BCUT2D eigenvalue weighted by atomic mass is 10.2. The zero-order chi connectivity index (χ0) is 14.0. The van der Waals surface area contributed by atoms with Crippen molar-refractivity contribution in [3.05, 3.63) is 53.1 Å². The molecule has 2 rings (SSSR count). The summed E-state index contributed by atoms with van der Waals surface area (Å²) in [5, 5.41) is 9.07. The second-order valence-electron chi connectivity index (χ2n) is 4.14. The molecule has 0 saturated carbocycles. The van der Waals surface area contributed by atoms with E-state index in [-0.39, 0.29) is 17.1 Å². The fourth-order valence-corrected chi connectivity index (χ4v) is 1.63. The van der Waals surface area contributed by atoms with Gasteiger partial charge in [0.1, 0.15) is 22.9 Å². The van der Waals surface area contributed by atoms with Crippen molar-refractivity contribution in [3.63, 3.8) is 0 Å². The third-order valence-corrected chi connectivity index (χ3v) is 2.59. The molecule has 1 aromatic carbocycles. The third kappa shape index (κ3) is 2.88. The van der Waals surface area contributed by atoms with Crippen LogP contribution in [0.15, 0.2) is 30.5 Å². The molecule has 4 nitrogen and oxygen atoms in total. The maximum Gasteiger partial charge on any atom is 0.341 e. The van der Waals surface area contributed by atoms with Crippen LogP contribution in [-0.4, -0.2) is 16.1 Å². The summed E-state index contributed by atoms with van der Waals surface area (Å²) in [6, 6.07) is 5.58. The Kier molecular flexibility index (Phi) is 3.46. The highest BCUT2D eigenvalue weighted by Crippen LogP contribution is 2.28. The van der Waals surface area contributed by atoms with Crippen molar-refractivity contribution in [1.29, 1.82) is 0 Å². The van der Waals surface area contributed by atoms with Crippen molar-refractivity contribution >= 4 is 5.97 Å². The second-order valence-corrected chi connectivity index (χ2v) is 4.14. The number of aromatic nitrogens is 1. The average molecular weight is 261 g/mol. The van der Waals surface area contributed by atoms with Crippen molar-refractivity contribution < 1.29 is 19.0 Å². The lowest BCUT2D eigenvalue weighted by Gasteiger charge is -2.11. The minimum Gasteiger partial charge on any atom is -0.477 e. The lowest BCUT2D eigenvalue weighted by Crippen LogP contribution is -2.02. The molecule has 0 unspecified atom stereocenters. The molecule has 2 aromatic rings. The normalized spacial score (nSPS) is 10.3. The molecule has 0 aliphatic heterocycles. The Hall–Kier alpha value is -2.43. The van der Waals surface area contributed by atoms with Crippen LogP contribution >= 0.6 is 0 Å². The van der Waals surface area contributed by atoms with Gasteiger partial charge in [0.15, 0.2) is 0 Å². The molecule has 0 aliphatic carbocycles. The first kappa shape index (κ1) is 13.0. The quantitative estimate of drug-likeness (QED) is 0.920. The van der Waals surface area contributed by atoms with Crippen LogP contribution in [0.1, 0.15) is 21.6 Å². The highest BCUT2D eigenvalue weighted by Gasteiger charge is 2.14. The van der Waals surface area contributed by atoms with E-state index in [1.807, 2.05) is 0 Å². The van der Waals surface area contributed by atoms with Crippen molar-refractivity contribution in [1.82, 2.24) is 4.98 Å². The van der Waals surface area contributed by atoms with E-state index in [1.54, 1.807) is 13.8 Å². The number of ether oxygens (including phenoxy) is 1. The molecular formula is C14H12FNO3. The van der Waals surface area contributed by atoms with Crippen LogP contribution in [0.25, 0.3) is 0 Å². The van der Waals surface area contributed by atoms with E-state index in [1.165, 1.54) is 30.5 Å². The Labute approximate surface area is 109 Å². The van der Waals surface area contributed by atoms with Gasteiger partial charge in [-0.2, -0.15) is 0 Å². The Morgan fingerprint density at radius 3 is 2.63 bits per heavy atom. The highest BCUT2D eigenvalue weighted by molar-refractivity contribution is 5.90. The van der Waals surface area contributed by atoms with Crippen LogP contribution in [-0.2, 0) is 0 Å². The van der Waals surface area contributed by atoms with Crippen molar-refractivity contribution in [2.45, 2.75) is 13.8 Å². The fourth-order valence-electron chi connectivity index (χ4n) is 1.63. The van der Waals surface area contributed by atoms with Crippen molar-refractivity contribution in [3.8, 4) is 11.5 Å². The van der Waals surface area contributed by atoms with Crippen LogP contribution in [0, 0.1) is 19.7 Å². The SMILES string of the molecule is Cc1cc(Oc2ccc(F)cc2C)c(C(=O)O)cn1. The zero-order valence-electron chi connectivity index (χ0n) is 10.5. The summed E-state index contributed by atoms with van der Waals surface area (Å²) in [5.74, 6) is -0.888. The third-order valence-electron chi connectivity index (χ3n) is 2.59. The Morgan fingerprint density at radius 1 is 1.26 bits per heavy atom. The first-order valence-electron chi connectivity index (χ1n) is 5.61. The average Bonchev–Trinajstić information content (AvgIpc) is 2.32. The monoisotopic (exact) mass is 261 g/mol. The van der Waals surface area contributed by atoms with E-state index in [0.29, 0.717) is 17.0 Å². The summed E-state index contributed by atoms with van der Waals surface area (Å²) >= 11 is 0. The van der Waals surface area contributed by atoms with Gasteiger partial charge in [0.05, 0.1) is 0 Å². The number of carboxylic acids is 1. The number of hydrogen-bond donors (Lipinski definition) is 1. The summed E-state index contributed by atoms with van der Waals surface area (Å²) in [4.78, 5) is 15.0. The Morgan fingerprint density at radius 2 is 2.00 bits per heavy atom. The largest absolute Gasteiger partial charge is 0.477 e. The Bertz CT molecular complexity index is 641. The predicted octanol–water partition coefficient (Wildman–Crippen LogP) is 3.33. The summed E-state index contributed by atoms with van der Waals surface area (Å²) in [6.45, 7) is 3.42. The van der Waals surface area contributed by atoms with Gasteiger partial charge in [-0.1, -0.05) is 0 Å². The molecule has 0 bridgehead atoms. The number of benzene rings is 1. The maximum atomic E-state index is 13.0. The number of aryl methyl sites for hydroxylation is 2. The molecule has 0 aliphatic rings. The van der Waals surface area contributed by atoms with Gasteiger partial charge >= 0.3 is 5.97 Å². The molecule has 0 amide bonds. The van der Waals surface area contributed by atoms with Crippen LogP contribution < -0.4 is 4.74 Å². The van der Waals surface area contributed by atoms with E-state index in [2.05, 4.69) is 4.98 Å². The number of halogens is 1. The van der Waals surface area contributed by atoms with Crippen molar-refractivity contribution in [2.75, 3.05) is 0 Å². The zero-order valence-corrected chi connectivity index (χ0v) is 10.5. The van der Waals surface area contributed by atoms with E-state index in [0.717, 1.165) is 0 Å². The number of aromatic carboxylic acids is 1. The van der Waals surface area contributed by atoms with Crippen LogP contribution in [0.2, 0.25) is 0 Å². The van der Waals surface area contributed by atoms with Crippen LogP contribution in [0.4, 0.5) is 4.39 Å². The molecule has 1 N–H and O–H groups in total. The van der Waals surface area contributed by atoms with E-state index in [4.69, 9.17) is 9.84 Å². The standard InChI is InChI=1S/C14H12FNO3/c1-8-5-10(15)3-4-12(8)19-13-6-9(2)16-7-11(13)14(17)18/h3-7H,1-2H3,(H,17,18). The topological polar surface area (TPSA) is 59.4 Å². The number of hydrogen-bond acceptors (Lipinski definition) is 3. The number of carbonyl (C=O) groups is 1.